The summed E-state index contributed by atoms with van der Waals surface area (Å²) in [5, 5.41) is 67.1. The molecule has 6 nitrogen and oxygen atoms in total. The van der Waals surface area contributed by atoms with Crippen LogP contribution in [-0.2, 0) is 33.6 Å². The Morgan fingerprint density at radius 2 is 0.273 bits per heavy atom. The van der Waals surface area contributed by atoms with Crippen LogP contribution in [0.2, 0.25) is 0 Å². The lowest BCUT2D eigenvalue weighted by atomic mass is 9.73. The average Bonchev–Trinajstić information content (AvgIpc) is 3.24. The molecule has 0 heterocycles. The lowest BCUT2D eigenvalue weighted by molar-refractivity contribution is 0.0780. The van der Waals surface area contributed by atoms with Gasteiger partial charge in [-0.2, -0.15) is 0 Å². The zero-order valence-corrected chi connectivity index (χ0v) is 40.5. The molecule has 0 aromatic heterocycles. The van der Waals surface area contributed by atoms with Gasteiger partial charge in [0.2, 0.25) is 0 Å². The standard InChI is InChI=1S/C60H66O6/c1-55(2,61)43-25-13-37(14-26-43)49-50(38-15-27-44(28-16-38)56(3,4)62)52(40-19-31-46(32-20-40)58(7,8)64)54(42-23-35-48(36-24-42)60(11,12)66)53(41-21-33-47(34-22-41)59(9,10)65)51(49)39-17-29-45(30-18-39)57(5,6)63/h13-36,61-66H,1-12H3. The van der Waals surface area contributed by atoms with Gasteiger partial charge in [-0.25, -0.2) is 0 Å². The van der Waals surface area contributed by atoms with Gasteiger partial charge in [-0.1, -0.05) is 146 Å². The topological polar surface area (TPSA) is 121 Å². The number of rotatable bonds is 12. The molecule has 7 rings (SSSR count). The van der Waals surface area contributed by atoms with Crippen LogP contribution < -0.4 is 0 Å². The Labute approximate surface area is 391 Å². The predicted molar refractivity (Wildman–Crippen MR) is 271 cm³/mol. The van der Waals surface area contributed by atoms with E-state index in [0.717, 1.165) is 100 Å². The number of hydrogen-bond donors (Lipinski definition) is 6. The maximum Gasteiger partial charge on any atom is 0.0840 e. The SMILES string of the molecule is CC(C)(O)c1ccc(-c2c(-c3ccc(C(C)(C)O)cc3)c(-c3ccc(C(C)(C)O)cc3)c(-c3ccc(C(C)(C)O)cc3)c(-c3ccc(C(C)(C)O)cc3)c2-c2ccc(C(C)(C)O)cc2)cc1. The first-order chi connectivity index (χ1) is 30.5. The molecule has 0 aliphatic rings. The van der Waals surface area contributed by atoms with Crippen molar-refractivity contribution in [2.24, 2.45) is 0 Å². The highest BCUT2D eigenvalue weighted by Crippen LogP contribution is 2.56. The Kier molecular flexibility index (Phi) is 12.6. The van der Waals surface area contributed by atoms with Crippen molar-refractivity contribution in [1.29, 1.82) is 0 Å². The fourth-order valence-electron chi connectivity index (χ4n) is 8.75. The van der Waals surface area contributed by atoms with Gasteiger partial charge in [0.15, 0.2) is 0 Å². The van der Waals surface area contributed by atoms with Gasteiger partial charge in [-0.05, 0) is 183 Å². The summed E-state index contributed by atoms with van der Waals surface area (Å²) in [7, 11) is 0. The van der Waals surface area contributed by atoms with Crippen LogP contribution in [0.4, 0.5) is 0 Å². The lowest BCUT2D eigenvalue weighted by Gasteiger charge is -2.30. The van der Waals surface area contributed by atoms with Crippen LogP contribution in [0.1, 0.15) is 116 Å². The molecule has 0 aliphatic heterocycles. The number of benzene rings is 7. The molecule has 0 aliphatic carbocycles. The number of hydrogen-bond acceptors (Lipinski definition) is 6. The van der Waals surface area contributed by atoms with Gasteiger partial charge in [0, 0.05) is 0 Å². The van der Waals surface area contributed by atoms with Crippen molar-refractivity contribution >= 4 is 0 Å². The summed E-state index contributed by atoms with van der Waals surface area (Å²) in [6.45, 7) is 21.3. The van der Waals surface area contributed by atoms with Crippen LogP contribution in [0.3, 0.4) is 0 Å². The van der Waals surface area contributed by atoms with Crippen molar-refractivity contribution in [1.82, 2.24) is 0 Å². The molecule has 0 spiro atoms. The molecule has 0 fully saturated rings. The summed E-state index contributed by atoms with van der Waals surface area (Å²) >= 11 is 0. The molecule has 6 N–H and O–H groups in total. The summed E-state index contributed by atoms with van der Waals surface area (Å²) in [6, 6.07) is 48.4. The van der Waals surface area contributed by atoms with Gasteiger partial charge in [-0.3, -0.25) is 0 Å². The molecule has 0 atom stereocenters. The van der Waals surface area contributed by atoms with Crippen molar-refractivity contribution in [3.8, 4) is 66.8 Å². The molecule has 7 aromatic rings. The molecular weight excluding hydrogens is 817 g/mol. The third-order valence-electron chi connectivity index (χ3n) is 12.8. The minimum absolute atomic E-state index is 0.756. The van der Waals surface area contributed by atoms with E-state index in [1.807, 2.05) is 72.8 Å². The van der Waals surface area contributed by atoms with Crippen LogP contribution in [0.5, 0.6) is 0 Å². The highest BCUT2D eigenvalue weighted by atomic mass is 16.3. The summed E-state index contributed by atoms with van der Waals surface area (Å²) < 4.78 is 0. The van der Waals surface area contributed by atoms with Crippen LogP contribution in [0.15, 0.2) is 146 Å². The van der Waals surface area contributed by atoms with Gasteiger partial charge in [-0.15, -0.1) is 0 Å². The van der Waals surface area contributed by atoms with E-state index in [1.54, 1.807) is 83.1 Å². The van der Waals surface area contributed by atoms with E-state index in [9.17, 15) is 30.6 Å². The maximum absolute atomic E-state index is 11.2. The molecule has 0 radical (unpaired) electrons. The summed E-state index contributed by atoms with van der Waals surface area (Å²) in [6.07, 6.45) is 0. The highest BCUT2D eigenvalue weighted by molar-refractivity contribution is 6.15. The summed E-state index contributed by atoms with van der Waals surface area (Å²) in [4.78, 5) is 0. The van der Waals surface area contributed by atoms with Gasteiger partial charge in [0.05, 0.1) is 33.6 Å². The lowest BCUT2D eigenvalue weighted by Crippen LogP contribution is -2.15. The Morgan fingerprint density at radius 1 is 0.182 bits per heavy atom. The third kappa shape index (κ3) is 10.0. The van der Waals surface area contributed by atoms with Gasteiger partial charge < -0.3 is 30.6 Å². The van der Waals surface area contributed by atoms with Crippen LogP contribution >= 0.6 is 0 Å². The first-order valence-corrected chi connectivity index (χ1v) is 22.8. The Balaban J connectivity index is 1.80. The second-order valence-electron chi connectivity index (χ2n) is 21.1. The second kappa shape index (κ2) is 17.2. The minimum atomic E-state index is -1.09. The third-order valence-corrected chi connectivity index (χ3v) is 12.8. The Morgan fingerprint density at radius 3 is 0.348 bits per heavy atom. The molecule has 0 unspecified atom stereocenters. The van der Waals surface area contributed by atoms with Gasteiger partial charge in [0.25, 0.3) is 0 Å². The molecule has 66 heavy (non-hydrogen) atoms. The fourth-order valence-corrected chi connectivity index (χ4v) is 8.75. The van der Waals surface area contributed by atoms with E-state index in [0.29, 0.717) is 0 Å². The maximum atomic E-state index is 11.2. The summed E-state index contributed by atoms with van der Waals surface area (Å²) in [5.41, 5.74) is 8.75. The second-order valence-corrected chi connectivity index (χ2v) is 21.1. The van der Waals surface area contributed by atoms with Crippen molar-refractivity contribution < 1.29 is 30.6 Å². The quantitative estimate of drug-likeness (QED) is 0.0727. The van der Waals surface area contributed by atoms with Crippen molar-refractivity contribution in [3.05, 3.63) is 179 Å². The van der Waals surface area contributed by atoms with E-state index in [1.165, 1.54) is 0 Å². The normalized spacial score (nSPS) is 13.0. The minimum Gasteiger partial charge on any atom is -0.386 e. The molecule has 342 valence electrons. The highest BCUT2D eigenvalue weighted by Gasteiger charge is 2.32. The van der Waals surface area contributed by atoms with E-state index in [4.69, 9.17) is 0 Å². The monoisotopic (exact) mass is 882 g/mol. The van der Waals surface area contributed by atoms with E-state index >= 15 is 0 Å². The molecule has 0 saturated heterocycles. The fraction of sp³-hybridized carbons (Fsp3) is 0.300. The largest absolute Gasteiger partial charge is 0.386 e. The molecule has 0 saturated carbocycles. The molecule has 0 bridgehead atoms. The van der Waals surface area contributed by atoms with Gasteiger partial charge in [0.1, 0.15) is 0 Å². The smallest absolute Gasteiger partial charge is 0.0840 e. The van der Waals surface area contributed by atoms with E-state index < -0.39 is 33.6 Å². The van der Waals surface area contributed by atoms with Crippen molar-refractivity contribution in [2.75, 3.05) is 0 Å². The first-order valence-electron chi connectivity index (χ1n) is 22.8. The number of aliphatic hydroxyl groups is 6. The van der Waals surface area contributed by atoms with Crippen LogP contribution in [0, 0.1) is 0 Å². The van der Waals surface area contributed by atoms with Crippen LogP contribution in [-0.4, -0.2) is 30.6 Å². The zero-order chi connectivity index (χ0) is 48.4. The van der Waals surface area contributed by atoms with E-state index in [-0.39, 0.29) is 0 Å². The summed E-state index contributed by atoms with van der Waals surface area (Å²) in [5.74, 6) is 0. The predicted octanol–water partition coefficient (Wildman–Crippen LogP) is 13.1. The first kappa shape index (κ1) is 48.2. The molecule has 0 amide bonds. The molecule has 7 aromatic carbocycles. The molecule has 6 heteroatoms. The Bertz CT molecular complexity index is 2280. The van der Waals surface area contributed by atoms with Crippen LogP contribution in [0.25, 0.3) is 66.8 Å². The van der Waals surface area contributed by atoms with Gasteiger partial charge >= 0.3 is 0 Å². The van der Waals surface area contributed by atoms with Crippen molar-refractivity contribution in [2.45, 2.75) is 117 Å². The van der Waals surface area contributed by atoms with E-state index in [2.05, 4.69) is 72.8 Å². The molecular formula is C60H66O6. The average molecular weight is 883 g/mol. The van der Waals surface area contributed by atoms with Crippen molar-refractivity contribution in [3.63, 3.8) is 0 Å². The Hall–Kier alpha value is -5.70. The zero-order valence-electron chi connectivity index (χ0n) is 40.5.